The van der Waals surface area contributed by atoms with Gasteiger partial charge in [-0.05, 0) is 44.4 Å². The summed E-state index contributed by atoms with van der Waals surface area (Å²) in [6, 6.07) is 9.09. The molecule has 1 aromatic rings. The van der Waals surface area contributed by atoms with Crippen LogP contribution in [0.5, 0.6) is 0 Å². The number of hydrogen-bond acceptors (Lipinski definition) is 3. The number of rotatable bonds is 5. The van der Waals surface area contributed by atoms with Crippen molar-refractivity contribution in [3.8, 4) is 6.07 Å². The van der Waals surface area contributed by atoms with Crippen LogP contribution in [-0.4, -0.2) is 13.7 Å². The molecule has 3 nitrogen and oxygen atoms in total. The van der Waals surface area contributed by atoms with Crippen molar-refractivity contribution in [3.05, 3.63) is 29.8 Å². The van der Waals surface area contributed by atoms with E-state index in [9.17, 15) is 8.42 Å². The minimum atomic E-state index is -3.20. The largest absolute Gasteiger partial charge is 0.223 e. The highest BCUT2D eigenvalue weighted by Gasteiger charge is 2.18. The Balaban J connectivity index is 2.91. The lowest BCUT2D eigenvalue weighted by atomic mass is 10.1. The molecule has 0 bridgehead atoms. The van der Waals surface area contributed by atoms with Gasteiger partial charge < -0.3 is 0 Å². The van der Waals surface area contributed by atoms with Crippen molar-refractivity contribution in [2.24, 2.45) is 0 Å². The molecule has 0 atom stereocenters. The van der Waals surface area contributed by atoms with Crippen molar-refractivity contribution in [2.45, 2.75) is 43.3 Å². The Labute approximate surface area is 103 Å². The molecule has 1 rings (SSSR count). The van der Waals surface area contributed by atoms with Gasteiger partial charge in [-0.25, -0.2) is 8.42 Å². The first-order chi connectivity index (χ1) is 7.98. The second-order valence-corrected chi connectivity index (χ2v) is 6.76. The molecule has 0 heterocycles. The minimum Gasteiger partial charge on any atom is -0.223 e. The Morgan fingerprint density at radius 3 is 2.65 bits per heavy atom. The molecule has 1 aromatic carbocycles. The molecule has 0 aromatic heterocycles. The van der Waals surface area contributed by atoms with E-state index in [1.165, 1.54) is 0 Å². The number of unbranched alkanes of at least 4 members (excludes halogenated alkanes) is 1. The van der Waals surface area contributed by atoms with Crippen molar-refractivity contribution >= 4 is 9.84 Å². The fourth-order valence-corrected chi connectivity index (χ4v) is 2.65. The summed E-state index contributed by atoms with van der Waals surface area (Å²) >= 11 is 0. The second kappa shape index (κ2) is 5.83. The number of nitriles is 1. The zero-order valence-corrected chi connectivity index (χ0v) is 11.0. The first-order valence-electron chi connectivity index (χ1n) is 5.68. The van der Waals surface area contributed by atoms with Crippen LogP contribution in [-0.2, 0) is 16.3 Å². The van der Waals surface area contributed by atoms with Gasteiger partial charge in [-0.3, -0.25) is 0 Å². The Kier molecular flexibility index (Phi) is 4.71. The van der Waals surface area contributed by atoms with E-state index in [1.807, 2.05) is 6.07 Å². The zero-order valence-electron chi connectivity index (χ0n) is 10.2. The summed E-state index contributed by atoms with van der Waals surface area (Å²) < 4.78 is 23.9. The molecule has 0 saturated carbocycles. The lowest BCUT2D eigenvalue weighted by Crippen LogP contribution is -2.14. The molecule has 0 amide bonds. The van der Waals surface area contributed by atoms with Crippen LogP contribution < -0.4 is 0 Å². The normalized spacial score (nSPS) is 11.4. The summed E-state index contributed by atoms with van der Waals surface area (Å²) in [5.74, 6) is 0. The maximum atomic E-state index is 12.0. The molecule has 17 heavy (non-hydrogen) atoms. The summed E-state index contributed by atoms with van der Waals surface area (Å²) in [5, 5.41) is 8.05. The summed E-state index contributed by atoms with van der Waals surface area (Å²) in [4.78, 5) is 0.377. The van der Waals surface area contributed by atoms with E-state index in [-0.39, 0.29) is 0 Å². The lowest BCUT2D eigenvalue weighted by Gasteiger charge is -2.09. The Morgan fingerprint density at radius 1 is 1.35 bits per heavy atom. The third-order valence-corrected chi connectivity index (χ3v) is 4.75. The van der Waals surface area contributed by atoms with Gasteiger partial charge in [0.05, 0.1) is 16.2 Å². The van der Waals surface area contributed by atoms with Gasteiger partial charge in [-0.2, -0.15) is 5.26 Å². The quantitative estimate of drug-likeness (QED) is 0.756. The van der Waals surface area contributed by atoms with Gasteiger partial charge in [0.2, 0.25) is 0 Å². The Bertz CT molecular complexity index is 512. The second-order valence-electron chi connectivity index (χ2n) is 4.25. The van der Waals surface area contributed by atoms with Gasteiger partial charge in [-0.1, -0.05) is 12.1 Å². The molecule has 0 fully saturated rings. The highest BCUT2D eigenvalue weighted by atomic mass is 32.2. The number of sulfone groups is 1. The van der Waals surface area contributed by atoms with Gasteiger partial charge in [0.1, 0.15) is 0 Å². The highest BCUT2D eigenvalue weighted by molar-refractivity contribution is 7.92. The summed E-state index contributed by atoms with van der Waals surface area (Å²) in [6.45, 7) is 3.36. The van der Waals surface area contributed by atoms with E-state index in [1.54, 1.807) is 32.0 Å². The first kappa shape index (κ1) is 13.7. The molecule has 4 heteroatoms. The molecule has 0 N–H and O–H groups in total. The third kappa shape index (κ3) is 3.57. The SMILES string of the molecule is CC(C)S(=O)(=O)c1cccc(CCCC#N)c1. The lowest BCUT2D eigenvalue weighted by molar-refractivity contribution is 0.587. The maximum absolute atomic E-state index is 12.0. The van der Waals surface area contributed by atoms with Crippen LogP contribution in [0.2, 0.25) is 0 Å². The van der Waals surface area contributed by atoms with Crippen LogP contribution in [0.3, 0.4) is 0 Å². The molecule has 0 unspecified atom stereocenters. The Morgan fingerprint density at radius 2 is 2.06 bits per heavy atom. The maximum Gasteiger partial charge on any atom is 0.180 e. The fourth-order valence-electron chi connectivity index (χ4n) is 1.52. The van der Waals surface area contributed by atoms with E-state index in [0.717, 1.165) is 18.4 Å². The van der Waals surface area contributed by atoms with Gasteiger partial charge in [0.25, 0.3) is 0 Å². The molecular weight excluding hydrogens is 234 g/mol. The highest BCUT2D eigenvalue weighted by Crippen LogP contribution is 2.18. The van der Waals surface area contributed by atoms with E-state index in [2.05, 4.69) is 6.07 Å². The van der Waals surface area contributed by atoms with Crippen LogP contribution in [0.25, 0.3) is 0 Å². The molecule has 0 aliphatic carbocycles. The molecule has 0 aliphatic heterocycles. The predicted molar refractivity (Wildman–Crippen MR) is 67.3 cm³/mol. The van der Waals surface area contributed by atoms with E-state index < -0.39 is 15.1 Å². The average molecular weight is 251 g/mol. The van der Waals surface area contributed by atoms with Crippen molar-refractivity contribution in [3.63, 3.8) is 0 Å². The average Bonchev–Trinajstić information content (AvgIpc) is 2.29. The molecule has 0 spiro atoms. The standard InChI is InChI=1S/C13H17NO2S/c1-11(2)17(15,16)13-8-5-7-12(10-13)6-3-4-9-14/h5,7-8,10-11H,3-4,6H2,1-2H3. The van der Waals surface area contributed by atoms with E-state index in [0.29, 0.717) is 11.3 Å². The number of benzene rings is 1. The van der Waals surface area contributed by atoms with Gasteiger partial charge >= 0.3 is 0 Å². The molecule has 0 aliphatic rings. The van der Waals surface area contributed by atoms with Crippen LogP contribution in [0.15, 0.2) is 29.2 Å². The van der Waals surface area contributed by atoms with Gasteiger partial charge in [0.15, 0.2) is 9.84 Å². The van der Waals surface area contributed by atoms with Crippen molar-refractivity contribution in [2.75, 3.05) is 0 Å². The summed E-state index contributed by atoms with van der Waals surface area (Å²) in [6.07, 6.45) is 2.01. The van der Waals surface area contributed by atoms with Crippen LogP contribution in [0.1, 0.15) is 32.3 Å². The first-order valence-corrected chi connectivity index (χ1v) is 7.23. The number of hydrogen-bond donors (Lipinski definition) is 0. The van der Waals surface area contributed by atoms with E-state index in [4.69, 9.17) is 5.26 Å². The van der Waals surface area contributed by atoms with Crippen molar-refractivity contribution < 1.29 is 8.42 Å². The third-order valence-electron chi connectivity index (χ3n) is 2.60. The van der Waals surface area contributed by atoms with Crippen molar-refractivity contribution in [1.82, 2.24) is 0 Å². The van der Waals surface area contributed by atoms with Gasteiger partial charge in [-0.15, -0.1) is 0 Å². The monoisotopic (exact) mass is 251 g/mol. The smallest absolute Gasteiger partial charge is 0.180 e. The summed E-state index contributed by atoms with van der Waals surface area (Å²) in [5.41, 5.74) is 0.974. The van der Waals surface area contributed by atoms with Gasteiger partial charge in [0, 0.05) is 6.42 Å². The summed E-state index contributed by atoms with van der Waals surface area (Å²) in [7, 11) is -3.20. The molecule has 0 saturated heterocycles. The van der Waals surface area contributed by atoms with Crippen LogP contribution in [0, 0.1) is 11.3 Å². The topological polar surface area (TPSA) is 57.9 Å². The molecular formula is C13H17NO2S. The zero-order chi connectivity index (χ0) is 12.9. The number of aryl methyl sites for hydroxylation is 1. The van der Waals surface area contributed by atoms with Crippen molar-refractivity contribution in [1.29, 1.82) is 5.26 Å². The minimum absolute atomic E-state index is 0.377. The Hall–Kier alpha value is -1.34. The van der Waals surface area contributed by atoms with Crippen LogP contribution >= 0.6 is 0 Å². The molecule has 0 radical (unpaired) electrons. The molecule has 92 valence electrons. The van der Waals surface area contributed by atoms with Crippen LogP contribution in [0.4, 0.5) is 0 Å². The fraction of sp³-hybridized carbons (Fsp3) is 0.462. The van der Waals surface area contributed by atoms with E-state index >= 15 is 0 Å². The predicted octanol–water partition coefficient (Wildman–Crippen LogP) is 2.71. The number of nitrogens with zero attached hydrogens (tertiary/aromatic N) is 1.